The van der Waals surface area contributed by atoms with E-state index in [9.17, 15) is 9.59 Å². The fourth-order valence-corrected chi connectivity index (χ4v) is 1.92. The molecule has 132 valence electrons. The number of aromatic nitrogens is 3. The van der Waals surface area contributed by atoms with Crippen LogP contribution >= 0.6 is 11.6 Å². The number of carbonyl (C=O) groups is 2. The molecule has 25 heavy (non-hydrogen) atoms. The van der Waals surface area contributed by atoms with Crippen LogP contribution < -0.4 is 10.6 Å². The zero-order valence-corrected chi connectivity index (χ0v) is 14.4. The monoisotopic (exact) mass is 363 g/mol. The van der Waals surface area contributed by atoms with E-state index in [2.05, 4.69) is 25.6 Å². The van der Waals surface area contributed by atoms with Gasteiger partial charge in [0.2, 0.25) is 5.95 Å². The summed E-state index contributed by atoms with van der Waals surface area (Å²) in [5.74, 6) is -0.0788. The number of amides is 1. The summed E-state index contributed by atoms with van der Waals surface area (Å²) in [6, 6.07) is 4.88. The molecule has 0 aliphatic heterocycles. The van der Waals surface area contributed by atoms with Crippen molar-refractivity contribution in [3.63, 3.8) is 0 Å². The summed E-state index contributed by atoms with van der Waals surface area (Å²) < 4.78 is 5.10. The lowest BCUT2D eigenvalue weighted by Crippen LogP contribution is -2.30. The first kappa shape index (κ1) is 18.6. The highest BCUT2D eigenvalue weighted by Gasteiger charge is 2.18. The summed E-state index contributed by atoms with van der Waals surface area (Å²) >= 11 is 5.72. The van der Waals surface area contributed by atoms with Gasteiger partial charge in [-0.05, 0) is 31.5 Å². The van der Waals surface area contributed by atoms with Gasteiger partial charge in [0.15, 0.2) is 6.10 Å². The predicted octanol–water partition coefficient (Wildman–Crippen LogP) is 2.29. The Morgan fingerprint density at radius 1 is 1.24 bits per heavy atom. The van der Waals surface area contributed by atoms with Gasteiger partial charge in [-0.1, -0.05) is 11.6 Å². The van der Waals surface area contributed by atoms with Crippen LogP contribution in [0.3, 0.4) is 0 Å². The number of nitrogens with zero attached hydrogens (tertiary/aromatic N) is 3. The Hall–Kier alpha value is -2.74. The average molecular weight is 364 g/mol. The van der Waals surface area contributed by atoms with Gasteiger partial charge in [-0.3, -0.25) is 9.59 Å². The molecule has 0 bridgehead atoms. The third-order valence-corrected chi connectivity index (χ3v) is 3.29. The van der Waals surface area contributed by atoms with E-state index in [1.165, 1.54) is 13.1 Å². The van der Waals surface area contributed by atoms with Crippen LogP contribution in [-0.2, 0) is 14.3 Å². The molecule has 0 aromatic carbocycles. The van der Waals surface area contributed by atoms with Crippen molar-refractivity contribution < 1.29 is 14.3 Å². The number of esters is 1. The number of pyridine rings is 1. The van der Waals surface area contributed by atoms with Gasteiger partial charge in [-0.25, -0.2) is 15.0 Å². The van der Waals surface area contributed by atoms with Gasteiger partial charge in [-0.15, -0.1) is 0 Å². The number of halogens is 1. The number of hydrogen-bond acceptors (Lipinski definition) is 7. The Morgan fingerprint density at radius 2 is 2.00 bits per heavy atom. The maximum absolute atomic E-state index is 12.0. The predicted molar refractivity (Wildman–Crippen MR) is 93.2 cm³/mol. The Morgan fingerprint density at radius 3 is 2.68 bits per heavy atom. The van der Waals surface area contributed by atoms with Crippen molar-refractivity contribution in [1.82, 2.24) is 15.0 Å². The molecule has 0 unspecified atom stereocenters. The molecule has 0 saturated carbocycles. The van der Waals surface area contributed by atoms with Crippen molar-refractivity contribution in [3.05, 3.63) is 41.8 Å². The SMILES string of the molecule is C[C@@H](OC(=O)CCCNc1ncccn1)C(=O)Nc1ccc(Cl)cn1. The second kappa shape index (κ2) is 9.53. The van der Waals surface area contributed by atoms with Gasteiger partial charge < -0.3 is 15.4 Å². The molecule has 0 saturated heterocycles. The van der Waals surface area contributed by atoms with E-state index in [4.69, 9.17) is 16.3 Å². The smallest absolute Gasteiger partial charge is 0.306 e. The molecular weight excluding hydrogens is 346 g/mol. The van der Waals surface area contributed by atoms with Crippen molar-refractivity contribution in [2.24, 2.45) is 0 Å². The third-order valence-electron chi connectivity index (χ3n) is 3.06. The Labute approximate surface area is 150 Å². The van der Waals surface area contributed by atoms with Crippen molar-refractivity contribution in [2.75, 3.05) is 17.2 Å². The molecule has 0 aliphatic carbocycles. The lowest BCUT2D eigenvalue weighted by Gasteiger charge is -2.13. The van der Waals surface area contributed by atoms with E-state index < -0.39 is 18.0 Å². The van der Waals surface area contributed by atoms with Crippen LogP contribution in [0.4, 0.5) is 11.8 Å². The molecule has 2 rings (SSSR count). The molecule has 8 nitrogen and oxygen atoms in total. The van der Waals surface area contributed by atoms with Crippen LogP contribution in [0.15, 0.2) is 36.8 Å². The number of nitrogens with one attached hydrogen (secondary N) is 2. The number of anilines is 2. The number of ether oxygens (including phenoxy) is 1. The fourth-order valence-electron chi connectivity index (χ4n) is 1.81. The van der Waals surface area contributed by atoms with E-state index in [0.29, 0.717) is 29.8 Å². The number of rotatable bonds is 8. The molecule has 2 N–H and O–H groups in total. The lowest BCUT2D eigenvalue weighted by molar-refractivity contribution is -0.153. The summed E-state index contributed by atoms with van der Waals surface area (Å²) in [5.41, 5.74) is 0. The van der Waals surface area contributed by atoms with Crippen molar-refractivity contribution in [2.45, 2.75) is 25.9 Å². The molecular formula is C16H18ClN5O3. The highest BCUT2D eigenvalue weighted by atomic mass is 35.5. The van der Waals surface area contributed by atoms with E-state index in [0.717, 1.165) is 0 Å². The summed E-state index contributed by atoms with van der Waals surface area (Å²) in [6.45, 7) is 2.02. The highest BCUT2D eigenvalue weighted by Crippen LogP contribution is 2.10. The van der Waals surface area contributed by atoms with Gasteiger partial charge in [0, 0.05) is 31.6 Å². The van der Waals surface area contributed by atoms with Crippen LogP contribution in [0, 0.1) is 0 Å². The maximum Gasteiger partial charge on any atom is 0.306 e. The molecule has 2 aromatic heterocycles. The van der Waals surface area contributed by atoms with Gasteiger partial charge in [0.05, 0.1) is 5.02 Å². The molecule has 2 aromatic rings. The highest BCUT2D eigenvalue weighted by molar-refractivity contribution is 6.30. The summed E-state index contributed by atoms with van der Waals surface area (Å²) in [5, 5.41) is 6.00. The first-order valence-corrected chi connectivity index (χ1v) is 8.05. The third kappa shape index (κ3) is 6.72. The average Bonchev–Trinajstić information content (AvgIpc) is 2.61. The van der Waals surface area contributed by atoms with Crippen molar-refractivity contribution in [3.8, 4) is 0 Å². The molecule has 1 atom stereocenters. The number of carbonyl (C=O) groups excluding carboxylic acids is 2. The lowest BCUT2D eigenvalue weighted by atomic mass is 10.3. The normalized spacial score (nSPS) is 11.4. The molecule has 0 radical (unpaired) electrons. The van der Waals surface area contributed by atoms with Gasteiger partial charge in [-0.2, -0.15) is 0 Å². The molecule has 1 amide bonds. The fraction of sp³-hybridized carbons (Fsp3) is 0.312. The topological polar surface area (TPSA) is 106 Å². The quantitative estimate of drug-likeness (QED) is 0.547. The minimum atomic E-state index is -0.921. The Bertz CT molecular complexity index is 697. The van der Waals surface area contributed by atoms with Gasteiger partial charge in [0.1, 0.15) is 5.82 Å². The zero-order chi connectivity index (χ0) is 18.1. The van der Waals surface area contributed by atoms with Crippen molar-refractivity contribution in [1.29, 1.82) is 0 Å². The van der Waals surface area contributed by atoms with Crippen LogP contribution in [-0.4, -0.2) is 39.5 Å². The maximum atomic E-state index is 12.0. The zero-order valence-electron chi connectivity index (χ0n) is 13.6. The molecule has 2 heterocycles. The first-order chi connectivity index (χ1) is 12.0. The van der Waals surface area contributed by atoms with Crippen LogP contribution in [0.25, 0.3) is 0 Å². The summed E-state index contributed by atoms with van der Waals surface area (Å²) in [6.07, 6.45) is 4.45. The van der Waals surface area contributed by atoms with Gasteiger partial charge in [0.25, 0.3) is 5.91 Å². The molecule has 0 aliphatic rings. The van der Waals surface area contributed by atoms with Crippen molar-refractivity contribution >= 4 is 35.2 Å². The molecule has 0 spiro atoms. The summed E-state index contributed by atoms with van der Waals surface area (Å²) in [4.78, 5) is 35.7. The van der Waals surface area contributed by atoms with Crippen LogP contribution in [0.5, 0.6) is 0 Å². The van der Waals surface area contributed by atoms with Crippen LogP contribution in [0.2, 0.25) is 5.02 Å². The standard InChI is InChI=1S/C16H18ClN5O3/c1-11(15(24)22-13-6-5-12(17)10-21-13)25-14(23)4-2-7-18-16-19-8-3-9-20-16/h3,5-6,8-11H,2,4,7H2,1H3,(H,18,19,20)(H,21,22,24)/t11-/m1/s1. The van der Waals surface area contributed by atoms with E-state index in [1.807, 2.05) is 0 Å². The second-order valence-corrected chi connectivity index (χ2v) is 5.52. The minimum absolute atomic E-state index is 0.177. The Balaban J connectivity index is 1.66. The second-order valence-electron chi connectivity index (χ2n) is 5.09. The summed E-state index contributed by atoms with van der Waals surface area (Å²) in [7, 11) is 0. The largest absolute Gasteiger partial charge is 0.453 e. The van der Waals surface area contributed by atoms with E-state index in [-0.39, 0.29) is 6.42 Å². The van der Waals surface area contributed by atoms with Gasteiger partial charge >= 0.3 is 5.97 Å². The Kier molecular flexibility index (Phi) is 7.09. The molecule has 0 fully saturated rings. The molecule has 9 heteroatoms. The first-order valence-electron chi connectivity index (χ1n) is 7.67. The number of hydrogen-bond donors (Lipinski definition) is 2. The van der Waals surface area contributed by atoms with E-state index in [1.54, 1.807) is 30.6 Å². The van der Waals surface area contributed by atoms with E-state index >= 15 is 0 Å². The minimum Gasteiger partial charge on any atom is -0.453 e. The van der Waals surface area contributed by atoms with Crippen LogP contribution in [0.1, 0.15) is 19.8 Å².